The summed E-state index contributed by atoms with van der Waals surface area (Å²) in [6, 6.07) is 12.4. The van der Waals surface area contributed by atoms with Gasteiger partial charge in [-0.05, 0) is 37.9 Å². The highest BCUT2D eigenvalue weighted by molar-refractivity contribution is 7.44. The number of likely N-dealkylation sites (N-methyl/N-ethyl adjacent to an activating group) is 1. The van der Waals surface area contributed by atoms with Gasteiger partial charge in [0.15, 0.2) is 0 Å². The van der Waals surface area contributed by atoms with Gasteiger partial charge in [0, 0.05) is 18.5 Å². The highest BCUT2D eigenvalue weighted by atomic mass is 31.2. The fourth-order valence-corrected chi connectivity index (χ4v) is 7.58. The Balaban J connectivity index is 1.31. The van der Waals surface area contributed by atoms with E-state index in [0.29, 0.717) is 6.42 Å². The summed E-state index contributed by atoms with van der Waals surface area (Å²) in [6.07, 6.45) is 6.44. The van der Waals surface area contributed by atoms with Crippen LogP contribution in [0.15, 0.2) is 47.4 Å². The minimum Gasteiger partial charge on any atom is -0.352 e. The van der Waals surface area contributed by atoms with Crippen LogP contribution in [0.3, 0.4) is 0 Å². The summed E-state index contributed by atoms with van der Waals surface area (Å²) in [7, 11) is 0.824. The molecule has 2 saturated heterocycles. The number of rotatable bonds is 7. The van der Waals surface area contributed by atoms with E-state index in [0.717, 1.165) is 25.7 Å². The zero-order chi connectivity index (χ0) is 26.2. The zero-order valence-electron chi connectivity index (χ0n) is 22.0. The molecule has 1 saturated carbocycles. The summed E-state index contributed by atoms with van der Waals surface area (Å²) in [4.78, 5) is 28.8. The van der Waals surface area contributed by atoms with Crippen molar-refractivity contribution in [1.29, 1.82) is 0 Å². The number of benzene rings is 1. The maximum atomic E-state index is 12.8. The minimum absolute atomic E-state index is 0.160. The number of fused-ring (bicyclic) bond motifs is 1. The van der Waals surface area contributed by atoms with Crippen LogP contribution in [0.1, 0.15) is 71.1 Å². The van der Waals surface area contributed by atoms with E-state index in [1.807, 2.05) is 6.07 Å². The van der Waals surface area contributed by atoms with Crippen molar-refractivity contribution in [3.63, 3.8) is 0 Å². The van der Waals surface area contributed by atoms with Gasteiger partial charge in [-0.3, -0.25) is 9.36 Å². The molecule has 2 aromatic rings. The summed E-state index contributed by atoms with van der Waals surface area (Å²) in [5, 5.41) is 2.67. The first-order valence-corrected chi connectivity index (χ1v) is 14.4. The van der Waals surface area contributed by atoms with Gasteiger partial charge in [-0.15, -0.1) is 0 Å². The monoisotopic (exact) mass is 528 g/mol. The van der Waals surface area contributed by atoms with Crippen LogP contribution in [-0.2, 0) is 24.2 Å². The number of carbonyl (C=O) groups is 1. The molecule has 10 heteroatoms. The summed E-state index contributed by atoms with van der Waals surface area (Å²) in [5.74, 6) is -0.137. The Morgan fingerprint density at radius 2 is 2.05 bits per heavy atom. The first-order chi connectivity index (χ1) is 17.8. The van der Waals surface area contributed by atoms with Gasteiger partial charge in [-0.2, -0.15) is 4.98 Å². The molecule has 5 rings (SSSR count). The number of ether oxygens (including phenoxy) is 1. The lowest BCUT2D eigenvalue weighted by Crippen LogP contribution is -2.44. The molecule has 3 fully saturated rings. The van der Waals surface area contributed by atoms with E-state index in [1.165, 1.54) is 16.6 Å². The van der Waals surface area contributed by atoms with Crippen LogP contribution < -0.4 is 11.0 Å². The number of anilines is 1. The smallest absolute Gasteiger partial charge is 0.351 e. The molecule has 1 aliphatic carbocycles. The Labute approximate surface area is 219 Å². The standard InChI is InChI=1S/C27H37N4O5P/c1-5-20-21(17-24(34-20)31-16-14-23(29-26(31)33)28-25(32)18(2)3)35-37-30(4)22-13-9-10-15-27(22,36-37)19-11-7-6-8-12-19/h6-8,11-12,14,16,18,20-22,24H,5,9-10,13,15,17H2,1-4H3,(H,28,29,32,33)/t20-,21?,22+,24-,27-,37+/m1/s1. The van der Waals surface area contributed by atoms with Crippen molar-refractivity contribution in [3.8, 4) is 0 Å². The summed E-state index contributed by atoms with van der Waals surface area (Å²) in [6.45, 7) is 5.64. The van der Waals surface area contributed by atoms with Crippen molar-refractivity contribution >= 4 is 20.3 Å². The Morgan fingerprint density at radius 1 is 1.27 bits per heavy atom. The van der Waals surface area contributed by atoms with Gasteiger partial charge in [-0.1, -0.05) is 63.9 Å². The number of amides is 1. The van der Waals surface area contributed by atoms with Crippen LogP contribution in [0.25, 0.3) is 0 Å². The van der Waals surface area contributed by atoms with Gasteiger partial charge in [0.25, 0.3) is 8.53 Å². The Bertz CT molecular complexity index is 1160. The molecule has 3 heterocycles. The van der Waals surface area contributed by atoms with Crippen molar-refractivity contribution in [2.75, 3.05) is 12.4 Å². The fourth-order valence-electron chi connectivity index (χ4n) is 5.68. The largest absolute Gasteiger partial charge is 0.352 e. The fraction of sp³-hybridized carbons (Fsp3) is 0.593. The van der Waals surface area contributed by atoms with Gasteiger partial charge < -0.3 is 19.1 Å². The Hall–Kier alpha value is -2.16. The first kappa shape index (κ1) is 26.4. The predicted octanol–water partition coefficient (Wildman–Crippen LogP) is 4.95. The molecule has 1 aromatic heterocycles. The van der Waals surface area contributed by atoms with E-state index in [-0.39, 0.29) is 41.5 Å². The van der Waals surface area contributed by atoms with Crippen LogP contribution >= 0.6 is 8.53 Å². The van der Waals surface area contributed by atoms with E-state index >= 15 is 0 Å². The Morgan fingerprint density at radius 3 is 2.76 bits per heavy atom. The molecular weight excluding hydrogens is 491 g/mol. The maximum Gasteiger partial charge on any atom is 0.351 e. The second-order valence-corrected chi connectivity index (χ2v) is 12.0. The van der Waals surface area contributed by atoms with Crippen LogP contribution in [0.2, 0.25) is 0 Å². The summed E-state index contributed by atoms with van der Waals surface area (Å²) in [5.41, 5.74) is 0.406. The van der Waals surface area contributed by atoms with Crippen molar-refractivity contribution in [1.82, 2.24) is 14.2 Å². The zero-order valence-corrected chi connectivity index (χ0v) is 22.9. The van der Waals surface area contributed by atoms with Crippen LogP contribution in [-0.4, -0.2) is 45.4 Å². The van der Waals surface area contributed by atoms with E-state index in [1.54, 1.807) is 26.1 Å². The molecule has 1 aromatic carbocycles. The number of hydrogen-bond acceptors (Lipinski definition) is 7. The normalized spacial score (nSPS) is 32.0. The topological polar surface area (TPSA) is 94.9 Å². The average molecular weight is 529 g/mol. The second kappa shape index (κ2) is 10.9. The van der Waals surface area contributed by atoms with Crippen LogP contribution in [0.4, 0.5) is 5.82 Å². The molecule has 2 aliphatic heterocycles. The van der Waals surface area contributed by atoms with Crippen molar-refractivity contribution in [2.45, 2.75) is 89.4 Å². The van der Waals surface area contributed by atoms with E-state index in [4.69, 9.17) is 13.8 Å². The lowest BCUT2D eigenvalue weighted by molar-refractivity contribution is -0.118. The number of hydrogen-bond donors (Lipinski definition) is 1. The number of carbonyl (C=O) groups excluding carboxylic acids is 1. The molecule has 1 amide bonds. The maximum absolute atomic E-state index is 12.8. The highest BCUT2D eigenvalue weighted by Crippen LogP contribution is 2.64. The molecule has 6 atom stereocenters. The molecule has 1 unspecified atom stereocenters. The third-order valence-electron chi connectivity index (χ3n) is 7.75. The number of nitrogens with zero attached hydrogens (tertiary/aromatic N) is 3. The summed E-state index contributed by atoms with van der Waals surface area (Å²) >= 11 is 0. The van der Waals surface area contributed by atoms with Gasteiger partial charge in [0.05, 0.1) is 18.2 Å². The second-order valence-electron chi connectivity index (χ2n) is 10.5. The molecule has 3 aliphatic rings. The molecule has 0 radical (unpaired) electrons. The van der Waals surface area contributed by atoms with Crippen molar-refractivity contribution in [3.05, 3.63) is 58.6 Å². The average Bonchev–Trinajstić information content (AvgIpc) is 3.43. The minimum atomic E-state index is -1.29. The van der Waals surface area contributed by atoms with Crippen LogP contribution in [0.5, 0.6) is 0 Å². The third kappa shape index (κ3) is 5.12. The molecule has 0 spiro atoms. The van der Waals surface area contributed by atoms with E-state index < -0.39 is 20.4 Å². The van der Waals surface area contributed by atoms with Gasteiger partial charge in [0.1, 0.15) is 17.6 Å². The first-order valence-electron chi connectivity index (χ1n) is 13.3. The highest BCUT2D eigenvalue weighted by Gasteiger charge is 2.56. The molecule has 0 bridgehead atoms. The lowest BCUT2D eigenvalue weighted by atomic mass is 9.76. The molecular formula is C27H37N4O5P. The quantitative estimate of drug-likeness (QED) is 0.508. The molecule has 9 nitrogen and oxygen atoms in total. The number of nitrogens with one attached hydrogen (secondary N) is 1. The lowest BCUT2D eigenvalue weighted by Gasteiger charge is -2.38. The van der Waals surface area contributed by atoms with Gasteiger partial charge >= 0.3 is 5.69 Å². The Kier molecular flexibility index (Phi) is 7.80. The number of aromatic nitrogens is 2. The predicted molar refractivity (Wildman–Crippen MR) is 142 cm³/mol. The van der Waals surface area contributed by atoms with Crippen LogP contribution in [0, 0.1) is 5.92 Å². The van der Waals surface area contributed by atoms with E-state index in [9.17, 15) is 9.59 Å². The summed E-state index contributed by atoms with van der Waals surface area (Å²) < 4.78 is 23.6. The molecule has 1 N–H and O–H groups in total. The molecule has 200 valence electrons. The van der Waals surface area contributed by atoms with E-state index in [2.05, 4.69) is 53.2 Å². The third-order valence-corrected chi connectivity index (χ3v) is 9.48. The van der Waals surface area contributed by atoms with Gasteiger partial charge in [-0.25, -0.2) is 9.46 Å². The van der Waals surface area contributed by atoms with Crippen molar-refractivity contribution in [2.24, 2.45) is 5.92 Å². The van der Waals surface area contributed by atoms with Crippen molar-refractivity contribution < 1.29 is 18.6 Å². The molecule has 37 heavy (non-hydrogen) atoms. The van der Waals surface area contributed by atoms with Gasteiger partial charge in [0.2, 0.25) is 5.91 Å². The SMILES string of the molecule is CC[C@H]1O[C@@H](n2ccc(NC(=O)C(C)C)nc2=O)CC1O[P@@]1O[C@@]2(c3ccccc3)CCCC[C@@H]2N1C.